The number of rotatable bonds is 34. The lowest BCUT2D eigenvalue weighted by atomic mass is 9.80. The van der Waals surface area contributed by atoms with Gasteiger partial charge in [-0.1, -0.05) is 270 Å². The Morgan fingerprint density at radius 2 is 0.597 bits per heavy atom. The van der Waals surface area contributed by atoms with Gasteiger partial charge in [0.1, 0.15) is 70.3 Å². The maximum atomic E-state index is 17.4. The number of nitrogens with zero attached hydrogens (tertiary/aromatic N) is 4. The van der Waals surface area contributed by atoms with Gasteiger partial charge in [0, 0.05) is 68.3 Å². The molecule has 0 radical (unpaired) electrons. The van der Waals surface area contributed by atoms with Gasteiger partial charge in [0.2, 0.25) is 11.8 Å². The summed E-state index contributed by atoms with van der Waals surface area (Å²) < 4.78 is 54.9. The molecule has 4 heterocycles. The number of amides is 6. The minimum absolute atomic E-state index is 0.0350. The maximum absolute atomic E-state index is 17.4. The highest BCUT2D eigenvalue weighted by atomic mass is 16.6. The van der Waals surface area contributed by atoms with Crippen LogP contribution >= 0.6 is 0 Å². The van der Waals surface area contributed by atoms with E-state index in [1.54, 1.807) is 24.3 Å². The van der Waals surface area contributed by atoms with Gasteiger partial charge in [0.15, 0.2) is 0 Å². The largest absolute Gasteiger partial charge is 0.457 e. The van der Waals surface area contributed by atoms with Crippen LogP contribution in [0.3, 0.4) is 0 Å². The smallest absolute Gasteiger partial charge is 0.262 e. The van der Waals surface area contributed by atoms with E-state index in [1.807, 2.05) is 303 Å². The van der Waals surface area contributed by atoms with Crippen molar-refractivity contribution < 1.29 is 66.7 Å². The van der Waals surface area contributed by atoms with Crippen molar-refractivity contribution in [2.24, 2.45) is 0 Å². The fraction of sp³-hybridized carbons (Fsp3) is 0.259. The number of fused-ring (bicyclic) bond motifs is 2. The molecule has 0 spiro atoms. The Balaban J connectivity index is 0.836. The van der Waals surface area contributed by atoms with E-state index in [9.17, 15) is 0 Å². The second-order valence-corrected chi connectivity index (χ2v) is 36.3. The van der Waals surface area contributed by atoms with Gasteiger partial charge in [-0.3, -0.25) is 38.6 Å². The molecule has 0 N–H and O–H groups in total. The Hall–Kier alpha value is -14.1. The van der Waals surface area contributed by atoms with Crippen LogP contribution in [0.1, 0.15) is 156 Å². The van der Waals surface area contributed by atoms with Crippen LogP contribution in [0.5, 0.6) is 46.0 Å². The number of hydrogen-bond acceptors (Lipinski definition) is 14. The number of ether oxygens (including phenoxy) is 8. The van der Waals surface area contributed by atoms with Crippen molar-refractivity contribution in [3.8, 4) is 90.5 Å². The first-order valence-corrected chi connectivity index (χ1v) is 47.4. The number of imide groups is 2. The minimum atomic E-state index is -1.33. The zero-order valence-electron chi connectivity index (χ0n) is 75.1. The van der Waals surface area contributed by atoms with Crippen molar-refractivity contribution in [2.45, 2.75) is 165 Å². The van der Waals surface area contributed by atoms with E-state index in [2.05, 4.69) is 0 Å². The molecule has 21 rings (SSSR count). The molecule has 672 valence electrons. The third kappa shape index (κ3) is 17.7. The first-order chi connectivity index (χ1) is 65.8. The van der Waals surface area contributed by atoms with Crippen LogP contribution in [-0.2, 0) is 41.6 Å². The summed E-state index contributed by atoms with van der Waals surface area (Å²) in [6.45, 7) is 6.66. The molecule has 2 aliphatic carbocycles. The molecule has 6 amide bonds. The van der Waals surface area contributed by atoms with Crippen molar-refractivity contribution in [1.82, 2.24) is 19.6 Å². The Bertz CT molecular complexity index is 6130. The van der Waals surface area contributed by atoms with Gasteiger partial charge >= 0.3 is 0 Å². The van der Waals surface area contributed by atoms with E-state index in [0.29, 0.717) is 133 Å². The fourth-order valence-corrected chi connectivity index (χ4v) is 20.5. The lowest BCUT2D eigenvalue weighted by Crippen LogP contribution is -2.57. The third-order valence-electron chi connectivity index (χ3n) is 27.5. The van der Waals surface area contributed by atoms with Gasteiger partial charge in [-0.15, -0.1) is 0 Å². The van der Waals surface area contributed by atoms with Crippen LogP contribution in [0.25, 0.3) is 87.6 Å². The molecule has 0 bridgehead atoms. The second kappa shape index (κ2) is 38.2. The molecule has 8 atom stereocenters. The Morgan fingerprint density at radius 3 is 0.858 bits per heavy atom. The lowest BCUT2D eigenvalue weighted by molar-refractivity contribution is -0.141. The Morgan fingerprint density at radius 1 is 0.336 bits per heavy atom. The summed E-state index contributed by atoms with van der Waals surface area (Å²) in [5, 5.41) is 2.27. The molecule has 134 heavy (non-hydrogen) atoms. The van der Waals surface area contributed by atoms with E-state index in [0.717, 1.165) is 81.3 Å². The van der Waals surface area contributed by atoms with E-state index in [-0.39, 0.29) is 130 Å². The monoisotopic (exact) mass is 1780 g/mol. The summed E-state index contributed by atoms with van der Waals surface area (Å²) in [6, 6.07) is 93.9. The standard InChI is InChI=1S/C116H104N4O14/c1-3-5-43-97(115(125)117(67-73-27-13-7-14-28-73)83-39-25-41-89(61-83)127-69-91-71-129-91)119-111(121)93-63-99(131-85-53-45-79(46-54-85)75-31-17-9-18-32-75)105-107-101(133-87-57-49-81(50-58-87)77-35-21-11-22-36-77)65-95-104-96(114(124)120(113(95)123)98(44-6-4-2)116(126)118(68-74-29-15-8-16-30-74)84-40-26-42-90(62-84)128-70-92-72-130-92)66-102(134-88-59-51-82(52-60-88)78-37-23-12-24-38-78)108(110(104)107)106-100(64-94(112(119)122)103(93)109(105)106)132-86-55-47-80(48-56-86)76-33-19-10-20-34-76/h7-24,27-38,45-60,63-66,83-84,89-92,97-98H,3-6,25-26,39-44,61-62,67-72H2,1-2H3. The summed E-state index contributed by atoms with van der Waals surface area (Å²) in [7, 11) is 0. The quantitative estimate of drug-likeness (QED) is 0.0160. The van der Waals surface area contributed by atoms with Gasteiger partial charge in [-0.25, -0.2) is 0 Å². The first kappa shape index (κ1) is 86.6. The fourth-order valence-electron chi connectivity index (χ4n) is 20.5. The number of hydrogen-bond donors (Lipinski definition) is 0. The number of carbonyl (C=O) groups excluding carboxylic acids is 6. The molecule has 18 nitrogen and oxygen atoms in total. The highest BCUT2D eigenvalue weighted by molar-refractivity contribution is 6.45. The molecule has 6 aliphatic rings. The van der Waals surface area contributed by atoms with Gasteiger partial charge in [-0.05, 0) is 193 Å². The van der Waals surface area contributed by atoms with Crippen molar-refractivity contribution in [1.29, 1.82) is 0 Å². The van der Waals surface area contributed by atoms with Crippen molar-refractivity contribution in [3.05, 3.63) is 337 Å². The van der Waals surface area contributed by atoms with Gasteiger partial charge in [0.05, 0.1) is 60.9 Å². The molecule has 2 saturated carbocycles. The average Bonchev–Trinajstić information content (AvgIpc) is 0.810. The Kier molecular flexibility index (Phi) is 24.7. The van der Waals surface area contributed by atoms with Gasteiger partial charge < -0.3 is 47.7 Å². The molecule has 0 aromatic heterocycles. The van der Waals surface area contributed by atoms with Crippen molar-refractivity contribution in [3.63, 3.8) is 0 Å². The number of carbonyl (C=O) groups is 6. The van der Waals surface area contributed by atoms with Crippen LogP contribution in [0, 0.1) is 0 Å². The maximum Gasteiger partial charge on any atom is 0.262 e. The number of benzene rings is 15. The first-order valence-electron chi connectivity index (χ1n) is 47.4. The molecular formula is C116H104N4O14. The second-order valence-electron chi connectivity index (χ2n) is 36.3. The summed E-state index contributed by atoms with van der Waals surface area (Å²) in [6.07, 6.45) is 7.82. The topological polar surface area (TPSA) is 196 Å². The molecule has 8 unspecified atom stereocenters. The molecule has 18 heteroatoms. The number of epoxide rings is 2. The van der Waals surface area contributed by atoms with Crippen LogP contribution in [-0.4, -0.2) is 130 Å². The third-order valence-corrected chi connectivity index (χ3v) is 27.5. The Labute approximate surface area is 779 Å². The predicted molar refractivity (Wildman–Crippen MR) is 521 cm³/mol. The summed E-state index contributed by atoms with van der Waals surface area (Å²) in [5.74, 6) is -1.83. The summed E-state index contributed by atoms with van der Waals surface area (Å²) in [5.41, 5.74) is 9.43. The van der Waals surface area contributed by atoms with Crippen LogP contribution < -0.4 is 18.9 Å². The van der Waals surface area contributed by atoms with Crippen LogP contribution in [0.2, 0.25) is 0 Å². The molecular weight excluding hydrogens is 1670 g/mol. The summed E-state index contributed by atoms with van der Waals surface area (Å²) in [4.78, 5) is 110. The van der Waals surface area contributed by atoms with E-state index in [4.69, 9.17) is 37.9 Å². The average molecular weight is 1780 g/mol. The number of unbranched alkanes of at least 4 members (excludes halogenated alkanes) is 2. The van der Waals surface area contributed by atoms with Crippen LogP contribution in [0.15, 0.2) is 303 Å². The van der Waals surface area contributed by atoms with Gasteiger partial charge in [-0.2, -0.15) is 0 Å². The molecule has 2 saturated heterocycles. The van der Waals surface area contributed by atoms with E-state index in [1.165, 1.54) is 9.80 Å². The summed E-state index contributed by atoms with van der Waals surface area (Å²) >= 11 is 0. The highest BCUT2D eigenvalue weighted by Crippen LogP contribution is 2.59. The van der Waals surface area contributed by atoms with E-state index < -0.39 is 35.7 Å². The highest BCUT2D eigenvalue weighted by Gasteiger charge is 2.49. The molecule has 15 aromatic rings. The SMILES string of the molecule is CCCCC(C(=O)N(Cc1ccccc1)C1CCCC(OCC2CO2)C1)N1C(=O)c2cc(Oc3ccc(-c4ccccc4)cc3)c3c4c(Oc5ccc(-c6ccccc6)cc5)cc5c6c(cc(Oc7ccc(-c8ccccc8)cc7)c(c7c(Oc8ccc(-c9ccccc9)cc8)cc(c2c37)C1=O)c64)C(=O)N(C(CCCC)C(=O)N(Cc1ccccc1)C1CCCC(OCC2CO2)C1)C5=O. The zero-order chi connectivity index (χ0) is 90.9. The minimum Gasteiger partial charge on any atom is -0.457 e. The molecule has 15 aromatic carbocycles. The van der Waals surface area contributed by atoms with Crippen LogP contribution in [0.4, 0.5) is 0 Å². The zero-order valence-corrected chi connectivity index (χ0v) is 75.1. The predicted octanol–water partition coefficient (Wildman–Crippen LogP) is 25.4. The van der Waals surface area contributed by atoms with E-state index >= 15 is 28.8 Å². The lowest BCUT2D eigenvalue weighted by Gasteiger charge is -2.42. The molecule has 4 aliphatic heterocycles. The van der Waals surface area contributed by atoms with Crippen molar-refractivity contribution in [2.75, 3.05) is 26.4 Å². The molecule has 4 fully saturated rings. The van der Waals surface area contributed by atoms with Crippen molar-refractivity contribution >= 4 is 78.5 Å². The normalized spacial score (nSPS) is 18.4. The van der Waals surface area contributed by atoms with Gasteiger partial charge in [0.25, 0.3) is 23.6 Å².